The number of nitrogens with one attached hydrogen (secondary N) is 1. The summed E-state index contributed by atoms with van der Waals surface area (Å²) in [5.74, 6) is 3.62. The zero-order valence-electron chi connectivity index (χ0n) is 13.1. The largest absolute Gasteiger partial charge is 0.490 e. The van der Waals surface area contributed by atoms with Crippen LogP contribution in [0.1, 0.15) is 44.6 Å². The fourth-order valence-electron chi connectivity index (χ4n) is 3.34. The average Bonchev–Trinajstić information content (AvgIpc) is 2.75. The first kappa shape index (κ1) is 14.7. The van der Waals surface area contributed by atoms with Crippen LogP contribution in [0.2, 0.25) is 0 Å². The minimum absolute atomic E-state index is 0.754. The molecule has 3 heteroatoms. The van der Waals surface area contributed by atoms with Gasteiger partial charge in [-0.1, -0.05) is 31.9 Å². The number of fused-ring (bicyclic) bond motifs is 1. The van der Waals surface area contributed by atoms with Crippen molar-refractivity contribution in [2.24, 2.45) is 11.8 Å². The van der Waals surface area contributed by atoms with Gasteiger partial charge in [0, 0.05) is 18.5 Å². The van der Waals surface area contributed by atoms with Crippen LogP contribution in [0, 0.1) is 11.8 Å². The molecule has 0 saturated heterocycles. The van der Waals surface area contributed by atoms with Gasteiger partial charge in [0.05, 0.1) is 13.2 Å². The highest BCUT2D eigenvalue weighted by Gasteiger charge is 2.18. The third-order valence-corrected chi connectivity index (χ3v) is 4.74. The lowest BCUT2D eigenvalue weighted by molar-refractivity contribution is 0.280. The molecule has 0 aromatic heterocycles. The van der Waals surface area contributed by atoms with Gasteiger partial charge in [-0.05, 0) is 37.3 Å². The smallest absolute Gasteiger partial charge is 0.165 e. The maximum atomic E-state index is 5.87. The molecule has 21 heavy (non-hydrogen) atoms. The number of hydrogen-bond acceptors (Lipinski definition) is 3. The molecule has 0 bridgehead atoms. The molecule has 1 fully saturated rings. The van der Waals surface area contributed by atoms with Gasteiger partial charge in [-0.25, -0.2) is 0 Å². The Balaban J connectivity index is 1.53. The average molecular weight is 289 g/mol. The van der Waals surface area contributed by atoms with Gasteiger partial charge in [0.25, 0.3) is 0 Å². The van der Waals surface area contributed by atoms with E-state index in [0.717, 1.165) is 56.1 Å². The van der Waals surface area contributed by atoms with E-state index in [4.69, 9.17) is 9.47 Å². The maximum Gasteiger partial charge on any atom is 0.165 e. The molecule has 0 spiro atoms. The highest BCUT2D eigenvalue weighted by Crippen LogP contribution is 2.33. The minimum Gasteiger partial charge on any atom is -0.490 e. The van der Waals surface area contributed by atoms with Crippen LogP contribution < -0.4 is 14.8 Å². The predicted octanol–water partition coefficient (Wildman–Crippen LogP) is 3.76. The molecule has 1 aromatic carbocycles. The molecule has 0 unspecified atom stereocenters. The van der Waals surface area contributed by atoms with Crippen molar-refractivity contribution in [3.63, 3.8) is 0 Å². The number of ether oxygens (including phenoxy) is 2. The first-order valence-electron chi connectivity index (χ1n) is 8.41. The Morgan fingerprint density at radius 3 is 2.76 bits per heavy atom. The van der Waals surface area contributed by atoms with Gasteiger partial charge < -0.3 is 14.8 Å². The van der Waals surface area contributed by atoms with Gasteiger partial charge in [-0.15, -0.1) is 0 Å². The van der Waals surface area contributed by atoms with E-state index in [1.807, 2.05) is 6.07 Å². The summed E-state index contributed by atoms with van der Waals surface area (Å²) < 4.78 is 11.6. The van der Waals surface area contributed by atoms with Crippen LogP contribution in [-0.2, 0) is 6.54 Å². The van der Waals surface area contributed by atoms with Crippen molar-refractivity contribution < 1.29 is 9.47 Å². The highest BCUT2D eigenvalue weighted by atomic mass is 16.5. The molecule has 0 atom stereocenters. The van der Waals surface area contributed by atoms with Crippen molar-refractivity contribution in [2.75, 3.05) is 19.8 Å². The van der Waals surface area contributed by atoms with E-state index in [-0.39, 0.29) is 0 Å². The molecule has 0 radical (unpaired) electrons. The van der Waals surface area contributed by atoms with Crippen LogP contribution >= 0.6 is 0 Å². The molecule has 2 aliphatic rings. The van der Waals surface area contributed by atoms with E-state index < -0.39 is 0 Å². The molecular formula is C18H27NO2. The first-order chi connectivity index (χ1) is 10.3. The summed E-state index contributed by atoms with van der Waals surface area (Å²) in [6, 6.07) is 6.21. The number of rotatable bonds is 4. The van der Waals surface area contributed by atoms with Crippen molar-refractivity contribution in [3.05, 3.63) is 23.8 Å². The molecule has 1 N–H and O–H groups in total. The lowest BCUT2D eigenvalue weighted by Crippen LogP contribution is -2.25. The zero-order valence-corrected chi connectivity index (χ0v) is 13.1. The molecule has 1 aromatic rings. The second-order valence-electron chi connectivity index (χ2n) is 6.55. The van der Waals surface area contributed by atoms with E-state index in [9.17, 15) is 0 Å². The third-order valence-electron chi connectivity index (χ3n) is 4.74. The van der Waals surface area contributed by atoms with Crippen molar-refractivity contribution in [3.8, 4) is 11.5 Å². The summed E-state index contributed by atoms with van der Waals surface area (Å²) in [7, 11) is 0. The van der Waals surface area contributed by atoms with Gasteiger partial charge >= 0.3 is 0 Å². The van der Waals surface area contributed by atoms with Gasteiger partial charge in [-0.2, -0.15) is 0 Å². The van der Waals surface area contributed by atoms with Crippen LogP contribution in [0.25, 0.3) is 0 Å². The Morgan fingerprint density at radius 1 is 1.10 bits per heavy atom. The Labute approximate surface area is 128 Å². The molecular weight excluding hydrogens is 262 g/mol. The van der Waals surface area contributed by atoms with Gasteiger partial charge in [0.15, 0.2) is 11.5 Å². The minimum atomic E-state index is 0.754. The lowest BCUT2D eigenvalue weighted by Gasteiger charge is -2.26. The SMILES string of the molecule is CC1CCC(CNCc2cccc3c2OCCCO3)CC1. The fraction of sp³-hybridized carbons (Fsp3) is 0.667. The standard InChI is InChI=1S/C18H27NO2/c1-14-6-8-15(9-7-14)12-19-13-16-4-2-5-17-18(16)21-11-3-10-20-17/h2,4-5,14-15,19H,3,6-13H2,1H3. The summed E-state index contributed by atoms with van der Waals surface area (Å²) in [6.45, 7) is 5.88. The molecule has 116 valence electrons. The van der Waals surface area contributed by atoms with Crippen LogP contribution in [-0.4, -0.2) is 19.8 Å². The van der Waals surface area contributed by atoms with Gasteiger partial charge in [0.1, 0.15) is 0 Å². The predicted molar refractivity (Wildman–Crippen MR) is 84.9 cm³/mol. The Kier molecular flexibility index (Phi) is 5.02. The van der Waals surface area contributed by atoms with Gasteiger partial charge in [0.2, 0.25) is 0 Å². The Morgan fingerprint density at radius 2 is 1.90 bits per heavy atom. The topological polar surface area (TPSA) is 30.5 Å². The molecule has 1 aliphatic heterocycles. The quantitative estimate of drug-likeness (QED) is 0.915. The van der Waals surface area contributed by atoms with Crippen molar-refractivity contribution >= 4 is 0 Å². The van der Waals surface area contributed by atoms with E-state index >= 15 is 0 Å². The van der Waals surface area contributed by atoms with E-state index in [1.54, 1.807) is 0 Å². The van der Waals surface area contributed by atoms with Crippen LogP contribution in [0.4, 0.5) is 0 Å². The van der Waals surface area contributed by atoms with Crippen molar-refractivity contribution in [2.45, 2.75) is 45.6 Å². The number of para-hydroxylation sites is 1. The monoisotopic (exact) mass is 289 g/mol. The maximum absolute atomic E-state index is 5.87. The molecule has 1 heterocycles. The van der Waals surface area contributed by atoms with Crippen LogP contribution in [0.15, 0.2) is 18.2 Å². The summed E-state index contributed by atoms with van der Waals surface area (Å²) in [5.41, 5.74) is 1.22. The van der Waals surface area contributed by atoms with E-state index in [2.05, 4.69) is 24.4 Å². The summed E-state index contributed by atoms with van der Waals surface area (Å²) >= 11 is 0. The molecule has 1 aliphatic carbocycles. The number of benzene rings is 1. The molecule has 3 rings (SSSR count). The second-order valence-corrected chi connectivity index (χ2v) is 6.55. The fourth-order valence-corrected chi connectivity index (χ4v) is 3.34. The molecule has 3 nitrogen and oxygen atoms in total. The van der Waals surface area contributed by atoms with Crippen molar-refractivity contribution in [1.82, 2.24) is 5.32 Å². The zero-order chi connectivity index (χ0) is 14.5. The Hall–Kier alpha value is -1.22. The molecule has 1 saturated carbocycles. The third kappa shape index (κ3) is 3.91. The Bertz CT molecular complexity index is 453. The first-order valence-corrected chi connectivity index (χ1v) is 8.41. The lowest BCUT2D eigenvalue weighted by atomic mass is 9.83. The van der Waals surface area contributed by atoms with Crippen LogP contribution in [0.3, 0.4) is 0 Å². The van der Waals surface area contributed by atoms with Crippen LogP contribution in [0.5, 0.6) is 11.5 Å². The summed E-state index contributed by atoms with van der Waals surface area (Å²) in [5, 5.41) is 3.62. The highest BCUT2D eigenvalue weighted by molar-refractivity contribution is 5.47. The normalized spacial score (nSPS) is 25.4. The number of hydrogen-bond donors (Lipinski definition) is 1. The van der Waals surface area contributed by atoms with E-state index in [0.29, 0.717) is 0 Å². The second kappa shape index (κ2) is 7.17. The van der Waals surface area contributed by atoms with E-state index in [1.165, 1.54) is 31.2 Å². The summed E-state index contributed by atoms with van der Waals surface area (Å²) in [6.07, 6.45) is 6.50. The summed E-state index contributed by atoms with van der Waals surface area (Å²) in [4.78, 5) is 0. The van der Waals surface area contributed by atoms with Crippen molar-refractivity contribution in [1.29, 1.82) is 0 Å². The van der Waals surface area contributed by atoms with Gasteiger partial charge in [-0.3, -0.25) is 0 Å². The molecule has 0 amide bonds.